The van der Waals surface area contributed by atoms with Crippen LogP contribution >= 0.6 is 23.4 Å². The number of thioether (sulfide) groups is 1. The largest absolute Gasteiger partial charge is 0.416 e. The Hall–Kier alpha value is -1.86. The van der Waals surface area contributed by atoms with Gasteiger partial charge in [-0.1, -0.05) is 24.6 Å². The highest BCUT2D eigenvalue weighted by Crippen LogP contribution is 2.32. The molecule has 2 aromatic carbocycles. The van der Waals surface area contributed by atoms with Crippen LogP contribution in [0.3, 0.4) is 0 Å². The number of carbonyl (C=O) groups is 1. The molecule has 156 valence electrons. The monoisotopic (exact) mass is 442 g/mol. The first-order valence-corrected chi connectivity index (χ1v) is 10.7. The van der Waals surface area contributed by atoms with Crippen LogP contribution in [0.2, 0.25) is 5.02 Å². The fourth-order valence-corrected chi connectivity index (χ4v) is 4.42. The van der Waals surface area contributed by atoms with Gasteiger partial charge in [-0.3, -0.25) is 4.79 Å². The van der Waals surface area contributed by atoms with Crippen molar-refractivity contribution >= 4 is 35.0 Å². The highest BCUT2D eigenvalue weighted by atomic mass is 35.5. The summed E-state index contributed by atoms with van der Waals surface area (Å²) < 4.78 is 38.9. The molecule has 1 heterocycles. The SMILES string of the molecule is CC[C@@H](Sc1ccc(Cl)cc1)C(=O)N1CCN(c2cccc(C(F)(F)F)c2)CC1. The van der Waals surface area contributed by atoms with E-state index in [1.54, 1.807) is 23.1 Å². The summed E-state index contributed by atoms with van der Waals surface area (Å²) >= 11 is 7.43. The van der Waals surface area contributed by atoms with Gasteiger partial charge in [0.15, 0.2) is 0 Å². The summed E-state index contributed by atoms with van der Waals surface area (Å²) in [5, 5.41) is 0.454. The van der Waals surface area contributed by atoms with Crippen molar-refractivity contribution in [1.29, 1.82) is 0 Å². The summed E-state index contributed by atoms with van der Waals surface area (Å²) in [6.07, 6.45) is -3.67. The van der Waals surface area contributed by atoms with Gasteiger partial charge >= 0.3 is 6.18 Å². The number of benzene rings is 2. The zero-order chi connectivity index (χ0) is 21.0. The summed E-state index contributed by atoms with van der Waals surface area (Å²) in [5.41, 5.74) is -0.117. The summed E-state index contributed by atoms with van der Waals surface area (Å²) in [7, 11) is 0. The number of hydrogen-bond donors (Lipinski definition) is 0. The smallest absolute Gasteiger partial charge is 0.368 e. The molecule has 2 aromatic rings. The Bertz CT molecular complexity index is 837. The minimum atomic E-state index is -4.36. The molecule has 0 saturated carbocycles. The van der Waals surface area contributed by atoms with Gasteiger partial charge in [-0.05, 0) is 48.9 Å². The number of alkyl halides is 3. The molecule has 0 unspecified atom stereocenters. The summed E-state index contributed by atoms with van der Waals surface area (Å²) in [6.45, 7) is 3.98. The van der Waals surface area contributed by atoms with E-state index in [9.17, 15) is 18.0 Å². The predicted octanol–water partition coefficient (Wildman–Crippen LogP) is 5.58. The molecule has 8 heteroatoms. The van der Waals surface area contributed by atoms with Crippen molar-refractivity contribution in [3.8, 4) is 0 Å². The molecule has 1 fully saturated rings. The van der Waals surface area contributed by atoms with E-state index in [0.717, 1.165) is 11.0 Å². The second-order valence-electron chi connectivity index (χ2n) is 6.83. The number of amides is 1. The average Bonchev–Trinajstić information content (AvgIpc) is 2.72. The fourth-order valence-electron chi connectivity index (χ4n) is 3.25. The van der Waals surface area contributed by atoms with Crippen molar-refractivity contribution in [2.24, 2.45) is 0 Å². The first-order valence-electron chi connectivity index (χ1n) is 9.41. The van der Waals surface area contributed by atoms with E-state index < -0.39 is 11.7 Å². The van der Waals surface area contributed by atoms with Crippen molar-refractivity contribution in [3.63, 3.8) is 0 Å². The Morgan fingerprint density at radius 1 is 1.10 bits per heavy atom. The van der Waals surface area contributed by atoms with Gasteiger partial charge in [-0.25, -0.2) is 0 Å². The van der Waals surface area contributed by atoms with Gasteiger partial charge in [0.05, 0.1) is 10.8 Å². The quantitative estimate of drug-likeness (QED) is 0.565. The van der Waals surface area contributed by atoms with Crippen molar-refractivity contribution < 1.29 is 18.0 Å². The van der Waals surface area contributed by atoms with Gasteiger partial charge in [0.2, 0.25) is 5.91 Å². The molecular weight excluding hydrogens is 421 g/mol. The first kappa shape index (κ1) is 21.8. The fraction of sp³-hybridized carbons (Fsp3) is 0.381. The van der Waals surface area contributed by atoms with Gasteiger partial charge < -0.3 is 9.80 Å². The normalized spacial score (nSPS) is 16.0. The number of nitrogens with zero attached hydrogens (tertiary/aromatic N) is 2. The molecule has 0 bridgehead atoms. The molecule has 1 aliphatic heterocycles. The molecule has 1 atom stereocenters. The average molecular weight is 443 g/mol. The minimum absolute atomic E-state index is 0.0659. The highest BCUT2D eigenvalue weighted by Gasteiger charge is 2.32. The van der Waals surface area contributed by atoms with Crippen molar-refractivity contribution in [1.82, 2.24) is 4.90 Å². The zero-order valence-corrected chi connectivity index (χ0v) is 17.5. The van der Waals surface area contributed by atoms with E-state index in [-0.39, 0.29) is 11.2 Å². The second kappa shape index (κ2) is 9.30. The summed E-state index contributed by atoms with van der Waals surface area (Å²) in [6, 6.07) is 12.7. The lowest BCUT2D eigenvalue weighted by Gasteiger charge is -2.37. The highest BCUT2D eigenvalue weighted by molar-refractivity contribution is 8.00. The molecule has 3 rings (SSSR count). The molecular formula is C21H22ClF3N2OS. The van der Waals surface area contributed by atoms with E-state index in [0.29, 0.717) is 43.3 Å². The van der Waals surface area contributed by atoms with Crippen LogP contribution in [0.1, 0.15) is 18.9 Å². The molecule has 0 radical (unpaired) electrons. The third-order valence-electron chi connectivity index (χ3n) is 4.87. The van der Waals surface area contributed by atoms with Crippen molar-refractivity contribution in [2.75, 3.05) is 31.1 Å². The number of halogens is 4. The molecule has 3 nitrogen and oxygen atoms in total. The van der Waals surface area contributed by atoms with E-state index >= 15 is 0 Å². The Morgan fingerprint density at radius 2 is 1.76 bits per heavy atom. The number of anilines is 1. The second-order valence-corrected chi connectivity index (χ2v) is 8.54. The van der Waals surface area contributed by atoms with Crippen LogP contribution in [0.5, 0.6) is 0 Å². The van der Waals surface area contributed by atoms with Gasteiger partial charge in [-0.2, -0.15) is 13.2 Å². The maximum atomic E-state index is 13.0. The van der Waals surface area contributed by atoms with E-state index in [4.69, 9.17) is 11.6 Å². The minimum Gasteiger partial charge on any atom is -0.368 e. The van der Waals surface area contributed by atoms with Crippen molar-refractivity contribution in [2.45, 2.75) is 29.7 Å². The van der Waals surface area contributed by atoms with Gasteiger partial charge in [0, 0.05) is 41.8 Å². The lowest BCUT2D eigenvalue weighted by atomic mass is 10.1. The van der Waals surface area contributed by atoms with Crippen LogP contribution in [0.4, 0.5) is 18.9 Å². The van der Waals surface area contributed by atoms with Crippen LogP contribution in [0.25, 0.3) is 0 Å². The van der Waals surface area contributed by atoms with E-state index in [1.807, 2.05) is 24.0 Å². The molecule has 0 aliphatic carbocycles. The standard InChI is InChI=1S/C21H22ClF3N2OS/c1-2-19(29-18-8-6-16(22)7-9-18)20(28)27-12-10-26(11-13-27)17-5-3-4-15(14-17)21(23,24)25/h3-9,14,19H,2,10-13H2,1H3/t19-/m1/s1. The summed E-state index contributed by atoms with van der Waals surface area (Å²) in [5.74, 6) is 0.0659. The van der Waals surface area contributed by atoms with Crippen LogP contribution in [-0.2, 0) is 11.0 Å². The maximum absolute atomic E-state index is 13.0. The molecule has 0 spiro atoms. The summed E-state index contributed by atoms with van der Waals surface area (Å²) in [4.78, 5) is 17.6. The van der Waals surface area contributed by atoms with Gasteiger partial charge in [0.1, 0.15) is 0 Å². The third kappa shape index (κ3) is 5.60. The molecule has 0 aromatic heterocycles. The Kier molecular flexibility index (Phi) is 7.01. The zero-order valence-electron chi connectivity index (χ0n) is 16.0. The molecule has 1 saturated heterocycles. The molecule has 1 amide bonds. The Labute approximate surface area is 177 Å². The first-order chi connectivity index (χ1) is 13.8. The maximum Gasteiger partial charge on any atom is 0.416 e. The van der Waals surface area contributed by atoms with Gasteiger partial charge in [0.25, 0.3) is 0 Å². The van der Waals surface area contributed by atoms with E-state index in [2.05, 4.69) is 0 Å². The van der Waals surface area contributed by atoms with Crippen molar-refractivity contribution in [3.05, 3.63) is 59.1 Å². The van der Waals surface area contributed by atoms with Crippen LogP contribution < -0.4 is 4.90 Å². The molecule has 29 heavy (non-hydrogen) atoms. The van der Waals surface area contributed by atoms with Crippen LogP contribution in [-0.4, -0.2) is 42.2 Å². The lowest BCUT2D eigenvalue weighted by molar-refractivity contribution is -0.137. The van der Waals surface area contributed by atoms with Gasteiger partial charge in [-0.15, -0.1) is 11.8 Å². The molecule has 0 N–H and O–H groups in total. The number of hydrogen-bond acceptors (Lipinski definition) is 3. The Morgan fingerprint density at radius 3 is 2.34 bits per heavy atom. The van der Waals surface area contributed by atoms with Crippen LogP contribution in [0.15, 0.2) is 53.4 Å². The third-order valence-corrected chi connectivity index (χ3v) is 6.48. The predicted molar refractivity (Wildman–Crippen MR) is 112 cm³/mol. The molecule has 1 aliphatic rings. The Balaban J connectivity index is 1.60. The lowest BCUT2D eigenvalue weighted by Crippen LogP contribution is -2.51. The van der Waals surface area contributed by atoms with Crippen LogP contribution in [0, 0.1) is 0 Å². The number of piperazine rings is 1. The number of carbonyl (C=O) groups excluding carboxylic acids is 1. The topological polar surface area (TPSA) is 23.6 Å². The van der Waals surface area contributed by atoms with E-state index in [1.165, 1.54) is 23.9 Å². The number of rotatable bonds is 5.